The predicted molar refractivity (Wildman–Crippen MR) is 135 cm³/mol. The summed E-state index contributed by atoms with van der Waals surface area (Å²) in [7, 11) is 0. The number of aliphatic hydroxyl groups is 2. The number of carbonyl (C=O) groups is 1. The highest BCUT2D eigenvalue weighted by Gasteiger charge is 2.58. The molecule has 0 radical (unpaired) electrons. The van der Waals surface area contributed by atoms with Gasteiger partial charge in [0.15, 0.2) is 6.10 Å². The molecule has 0 saturated heterocycles. The molecule has 5 nitrogen and oxygen atoms in total. The number of allylic oxidation sites excluding steroid dienone is 2. The summed E-state index contributed by atoms with van der Waals surface area (Å²) in [6, 6.07) is 0. The van der Waals surface area contributed by atoms with Crippen molar-refractivity contribution in [2.24, 2.45) is 40.4 Å². The highest BCUT2D eigenvalue weighted by Crippen LogP contribution is 2.66. The Morgan fingerprint density at radius 2 is 1.89 bits per heavy atom. The summed E-state index contributed by atoms with van der Waals surface area (Å²) in [5.41, 5.74) is 2.24. The largest absolute Gasteiger partial charge is 0.457 e. The molecule has 0 aromatic rings. The van der Waals surface area contributed by atoms with Gasteiger partial charge in [-0.25, -0.2) is 0 Å². The topological polar surface area (TPSA) is 76.0 Å². The van der Waals surface area contributed by atoms with Gasteiger partial charge < -0.3 is 19.7 Å². The molecule has 5 aliphatic rings. The molecule has 4 saturated carbocycles. The molecule has 0 aromatic heterocycles. The molecule has 5 aliphatic carbocycles. The SMILES string of the molecule is C=CC1CC[C@H]2[C@@H]3CC=C4C[C@@H](OC5CC(C)C(O)C(O)C5OC(C)=O)CC[C@]4(C)C3CC[C@]12C. The van der Waals surface area contributed by atoms with E-state index in [2.05, 4.69) is 32.6 Å². The van der Waals surface area contributed by atoms with Gasteiger partial charge in [0.25, 0.3) is 0 Å². The third-order valence-electron chi connectivity index (χ3n) is 11.3. The summed E-state index contributed by atoms with van der Waals surface area (Å²) in [5.74, 6) is 2.48. The van der Waals surface area contributed by atoms with Gasteiger partial charge in [0.05, 0.1) is 18.3 Å². The number of hydrogen-bond donors (Lipinski definition) is 2. The van der Waals surface area contributed by atoms with Crippen LogP contribution in [0.25, 0.3) is 0 Å². The van der Waals surface area contributed by atoms with Crippen LogP contribution in [-0.2, 0) is 14.3 Å². The van der Waals surface area contributed by atoms with Crippen molar-refractivity contribution in [1.82, 2.24) is 0 Å². The minimum atomic E-state index is -1.11. The van der Waals surface area contributed by atoms with E-state index in [1.165, 1.54) is 39.0 Å². The molecule has 5 rings (SSSR count). The molecule has 12 atom stereocenters. The Bertz CT molecular complexity index is 867. The van der Waals surface area contributed by atoms with Crippen LogP contribution in [0.5, 0.6) is 0 Å². The quantitative estimate of drug-likeness (QED) is 0.422. The molecular formula is C30H46O5. The number of aliphatic hydroxyl groups excluding tert-OH is 2. The van der Waals surface area contributed by atoms with Crippen LogP contribution in [0.1, 0.15) is 85.5 Å². The third kappa shape index (κ3) is 4.14. The maximum absolute atomic E-state index is 11.7. The summed E-state index contributed by atoms with van der Waals surface area (Å²) >= 11 is 0. The minimum absolute atomic E-state index is 0.0639. The number of carbonyl (C=O) groups excluding carboxylic acids is 1. The molecule has 2 N–H and O–H groups in total. The van der Waals surface area contributed by atoms with Crippen molar-refractivity contribution < 1.29 is 24.5 Å². The van der Waals surface area contributed by atoms with Gasteiger partial charge in [-0.3, -0.25) is 4.79 Å². The first kappa shape index (κ1) is 25.5. The summed E-state index contributed by atoms with van der Waals surface area (Å²) in [4.78, 5) is 11.7. The van der Waals surface area contributed by atoms with Gasteiger partial charge in [-0.2, -0.15) is 0 Å². The van der Waals surface area contributed by atoms with E-state index >= 15 is 0 Å². The zero-order valence-electron chi connectivity index (χ0n) is 22.1. The van der Waals surface area contributed by atoms with E-state index in [-0.39, 0.29) is 23.5 Å². The minimum Gasteiger partial charge on any atom is -0.457 e. The van der Waals surface area contributed by atoms with Crippen molar-refractivity contribution in [2.75, 3.05) is 0 Å². The standard InChI is InChI=1S/C30H46O5/c1-6-19-8-10-23-22-9-7-20-16-21(11-13-30(20,5)24(22)12-14-29(19,23)4)35-25-15-17(2)26(32)27(33)28(25)34-18(3)31/h6-7,17,19,21-28,32-33H,1,8-16H2,2-5H3/t17?,19?,21-,22-,23-,24?,25?,26?,27?,28?,29+,30-/m0/s1. The Balaban J connectivity index is 1.30. The summed E-state index contributed by atoms with van der Waals surface area (Å²) < 4.78 is 12.0. The lowest BCUT2D eigenvalue weighted by molar-refractivity contribution is -0.206. The van der Waals surface area contributed by atoms with Gasteiger partial charge in [-0.05, 0) is 98.2 Å². The van der Waals surface area contributed by atoms with Crippen molar-refractivity contribution >= 4 is 5.97 Å². The van der Waals surface area contributed by atoms with Gasteiger partial charge in [-0.1, -0.05) is 38.5 Å². The summed E-state index contributed by atoms with van der Waals surface area (Å²) in [5, 5.41) is 21.0. The molecule has 0 amide bonds. The molecule has 0 heterocycles. The van der Waals surface area contributed by atoms with Crippen LogP contribution in [0.15, 0.2) is 24.3 Å². The molecule has 0 aromatic carbocycles. The van der Waals surface area contributed by atoms with Crippen LogP contribution in [0, 0.1) is 40.4 Å². The zero-order valence-corrected chi connectivity index (χ0v) is 22.1. The Hall–Kier alpha value is -1.17. The first-order valence-corrected chi connectivity index (χ1v) is 14.1. The highest BCUT2D eigenvalue weighted by atomic mass is 16.6. The molecule has 5 heteroatoms. The molecule has 196 valence electrons. The van der Waals surface area contributed by atoms with Crippen molar-refractivity contribution in [3.63, 3.8) is 0 Å². The second-order valence-corrected chi connectivity index (χ2v) is 13.0. The van der Waals surface area contributed by atoms with Crippen LogP contribution < -0.4 is 0 Å². The van der Waals surface area contributed by atoms with Gasteiger partial charge in [0, 0.05) is 6.92 Å². The zero-order chi connectivity index (χ0) is 25.1. The Kier molecular flexibility index (Phi) is 6.76. The lowest BCUT2D eigenvalue weighted by Crippen LogP contribution is -2.56. The third-order valence-corrected chi connectivity index (χ3v) is 11.3. The van der Waals surface area contributed by atoms with Crippen molar-refractivity contribution in [2.45, 2.75) is 116 Å². The normalized spacial score (nSPS) is 51.4. The van der Waals surface area contributed by atoms with E-state index in [4.69, 9.17) is 9.47 Å². The van der Waals surface area contributed by atoms with Crippen molar-refractivity contribution in [1.29, 1.82) is 0 Å². The second kappa shape index (κ2) is 9.29. The number of hydrogen-bond acceptors (Lipinski definition) is 5. The maximum Gasteiger partial charge on any atom is 0.303 e. The maximum atomic E-state index is 11.7. The van der Waals surface area contributed by atoms with Gasteiger partial charge in [0.2, 0.25) is 0 Å². The smallest absolute Gasteiger partial charge is 0.303 e. The fourth-order valence-electron chi connectivity index (χ4n) is 9.28. The predicted octanol–water partition coefficient (Wildman–Crippen LogP) is 5.20. The van der Waals surface area contributed by atoms with E-state index in [0.717, 1.165) is 37.0 Å². The first-order valence-electron chi connectivity index (χ1n) is 14.1. The lowest BCUT2D eigenvalue weighted by Gasteiger charge is -2.58. The van der Waals surface area contributed by atoms with Crippen LogP contribution >= 0.6 is 0 Å². The van der Waals surface area contributed by atoms with Crippen LogP contribution in [0.4, 0.5) is 0 Å². The second-order valence-electron chi connectivity index (χ2n) is 13.0. The number of esters is 1. The molecule has 0 bridgehead atoms. The Labute approximate surface area is 211 Å². The summed E-state index contributed by atoms with van der Waals surface area (Å²) in [6.45, 7) is 12.5. The average molecular weight is 487 g/mol. The van der Waals surface area contributed by atoms with Crippen molar-refractivity contribution in [3.8, 4) is 0 Å². The number of fused-ring (bicyclic) bond motifs is 5. The number of ether oxygens (including phenoxy) is 2. The van der Waals surface area contributed by atoms with Crippen LogP contribution in [0.2, 0.25) is 0 Å². The van der Waals surface area contributed by atoms with Gasteiger partial charge in [-0.15, -0.1) is 6.58 Å². The molecule has 0 spiro atoms. The van der Waals surface area contributed by atoms with E-state index < -0.39 is 24.3 Å². The van der Waals surface area contributed by atoms with Crippen LogP contribution in [0.3, 0.4) is 0 Å². The Morgan fingerprint density at radius 1 is 1.11 bits per heavy atom. The monoisotopic (exact) mass is 486 g/mol. The molecule has 4 fully saturated rings. The average Bonchev–Trinajstić information content (AvgIpc) is 3.16. The Morgan fingerprint density at radius 3 is 2.60 bits per heavy atom. The molecule has 7 unspecified atom stereocenters. The van der Waals surface area contributed by atoms with Gasteiger partial charge in [0.1, 0.15) is 6.10 Å². The number of rotatable bonds is 4. The molecular weight excluding hydrogens is 440 g/mol. The first-order chi connectivity index (χ1) is 16.6. The van der Waals surface area contributed by atoms with E-state index in [1.807, 2.05) is 6.92 Å². The van der Waals surface area contributed by atoms with Gasteiger partial charge >= 0.3 is 5.97 Å². The molecule has 35 heavy (non-hydrogen) atoms. The van der Waals surface area contributed by atoms with E-state index in [0.29, 0.717) is 17.8 Å². The highest BCUT2D eigenvalue weighted by molar-refractivity contribution is 5.66. The van der Waals surface area contributed by atoms with Crippen LogP contribution in [-0.4, -0.2) is 46.7 Å². The summed E-state index contributed by atoms with van der Waals surface area (Å²) in [6.07, 6.45) is 11.8. The lowest BCUT2D eigenvalue weighted by atomic mass is 9.47. The van der Waals surface area contributed by atoms with E-state index in [9.17, 15) is 15.0 Å². The van der Waals surface area contributed by atoms with Crippen molar-refractivity contribution in [3.05, 3.63) is 24.3 Å². The van der Waals surface area contributed by atoms with E-state index in [1.54, 1.807) is 5.57 Å². The fourth-order valence-corrected chi connectivity index (χ4v) is 9.28. The molecule has 0 aliphatic heterocycles. The fraction of sp³-hybridized carbons (Fsp3) is 0.833.